The molecule has 0 unspecified atom stereocenters. The number of ether oxygens (including phenoxy) is 1. The van der Waals surface area contributed by atoms with Gasteiger partial charge < -0.3 is 14.5 Å². The molecule has 0 fully saturated rings. The summed E-state index contributed by atoms with van der Waals surface area (Å²) in [5.74, 6) is 0.623. The van der Waals surface area contributed by atoms with Crippen LogP contribution in [0.4, 0.5) is 5.95 Å². The molecule has 2 aromatic heterocycles. The third-order valence-electron chi connectivity index (χ3n) is 3.09. The van der Waals surface area contributed by atoms with Crippen molar-refractivity contribution in [3.05, 3.63) is 53.6 Å². The summed E-state index contributed by atoms with van der Waals surface area (Å²) >= 11 is 5.83. The molecule has 2 heterocycles. The Morgan fingerprint density at radius 3 is 2.68 bits per heavy atom. The highest BCUT2D eigenvalue weighted by atomic mass is 35.5. The average Bonchev–Trinajstić information content (AvgIpc) is 3.10. The van der Waals surface area contributed by atoms with E-state index in [0.29, 0.717) is 23.4 Å². The zero-order valence-electron chi connectivity index (χ0n) is 13.1. The summed E-state index contributed by atoms with van der Waals surface area (Å²) in [6.07, 6.45) is 3.39. The van der Waals surface area contributed by atoms with Crippen molar-refractivity contribution in [1.29, 1.82) is 0 Å². The summed E-state index contributed by atoms with van der Waals surface area (Å²) in [5, 5.41) is 11.3. The second kappa shape index (κ2) is 8.20. The van der Waals surface area contributed by atoms with E-state index >= 15 is 0 Å². The predicted molar refractivity (Wildman–Crippen MR) is 89.7 cm³/mol. The molecule has 0 saturated carbocycles. The van der Waals surface area contributed by atoms with Crippen molar-refractivity contribution < 1.29 is 13.9 Å². The van der Waals surface area contributed by atoms with Gasteiger partial charge in [-0.25, -0.2) is 9.97 Å². The Bertz CT molecular complexity index is 823. The first kappa shape index (κ1) is 16.8. The van der Waals surface area contributed by atoms with Gasteiger partial charge in [-0.3, -0.25) is 4.79 Å². The van der Waals surface area contributed by atoms with E-state index < -0.39 is 5.97 Å². The molecule has 128 valence electrons. The highest BCUT2D eigenvalue weighted by Gasteiger charge is 2.11. The number of nitrogens with one attached hydrogen (secondary N) is 1. The highest BCUT2D eigenvalue weighted by molar-refractivity contribution is 6.30. The van der Waals surface area contributed by atoms with Gasteiger partial charge in [0.25, 0.3) is 5.89 Å². The van der Waals surface area contributed by atoms with Crippen molar-refractivity contribution in [1.82, 2.24) is 20.2 Å². The van der Waals surface area contributed by atoms with Gasteiger partial charge in [-0.05, 0) is 30.3 Å². The van der Waals surface area contributed by atoms with Gasteiger partial charge in [0.05, 0.1) is 6.42 Å². The number of halogens is 1. The summed E-state index contributed by atoms with van der Waals surface area (Å²) in [5.41, 5.74) is 0.738. The van der Waals surface area contributed by atoms with E-state index in [2.05, 4.69) is 25.5 Å². The van der Waals surface area contributed by atoms with E-state index in [4.69, 9.17) is 20.8 Å². The number of hydrogen-bond acceptors (Lipinski definition) is 8. The number of nitrogens with zero attached hydrogens (tertiary/aromatic N) is 4. The van der Waals surface area contributed by atoms with Crippen LogP contribution in [0, 0.1) is 0 Å². The monoisotopic (exact) mass is 359 g/mol. The number of anilines is 1. The number of aromatic nitrogens is 4. The average molecular weight is 360 g/mol. The van der Waals surface area contributed by atoms with E-state index in [-0.39, 0.29) is 18.9 Å². The highest BCUT2D eigenvalue weighted by Crippen LogP contribution is 2.20. The summed E-state index contributed by atoms with van der Waals surface area (Å²) in [7, 11) is 0. The number of esters is 1. The molecule has 0 aliphatic rings. The van der Waals surface area contributed by atoms with Gasteiger partial charge >= 0.3 is 5.97 Å². The van der Waals surface area contributed by atoms with Crippen LogP contribution in [-0.2, 0) is 16.1 Å². The molecule has 1 aromatic carbocycles. The van der Waals surface area contributed by atoms with E-state index in [1.54, 1.807) is 42.7 Å². The first-order chi connectivity index (χ1) is 12.2. The van der Waals surface area contributed by atoms with Gasteiger partial charge in [-0.2, -0.15) is 0 Å². The topological polar surface area (TPSA) is 103 Å². The van der Waals surface area contributed by atoms with Gasteiger partial charge in [-0.15, -0.1) is 10.2 Å². The van der Waals surface area contributed by atoms with Crippen molar-refractivity contribution in [2.24, 2.45) is 0 Å². The smallest absolute Gasteiger partial charge is 0.308 e. The molecular formula is C16H14ClN5O3. The normalized spacial score (nSPS) is 10.4. The minimum atomic E-state index is -0.394. The molecule has 3 rings (SSSR count). The lowest BCUT2D eigenvalue weighted by Crippen LogP contribution is -2.12. The predicted octanol–water partition coefficient (Wildman–Crippen LogP) is 2.73. The molecule has 0 bridgehead atoms. The minimum absolute atomic E-state index is 0.0821. The van der Waals surface area contributed by atoms with Gasteiger partial charge in [0.1, 0.15) is 0 Å². The van der Waals surface area contributed by atoms with Crippen LogP contribution in [0.3, 0.4) is 0 Å². The van der Waals surface area contributed by atoms with E-state index in [1.165, 1.54) is 0 Å². The number of carbonyl (C=O) groups excluding carboxylic acids is 1. The largest absolute Gasteiger partial charge is 0.456 e. The molecule has 0 saturated heterocycles. The van der Waals surface area contributed by atoms with E-state index in [0.717, 1.165) is 5.56 Å². The van der Waals surface area contributed by atoms with Gasteiger partial charge in [0.2, 0.25) is 11.8 Å². The third kappa shape index (κ3) is 4.98. The zero-order chi connectivity index (χ0) is 17.5. The fourth-order valence-corrected chi connectivity index (χ4v) is 2.03. The number of benzene rings is 1. The van der Waals surface area contributed by atoms with Crippen molar-refractivity contribution in [2.45, 2.75) is 13.0 Å². The minimum Gasteiger partial charge on any atom is -0.456 e. The lowest BCUT2D eigenvalue weighted by Gasteiger charge is -2.04. The number of hydrogen-bond donors (Lipinski definition) is 1. The Balaban J connectivity index is 1.44. The van der Waals surface area contributed by atoms with Crippen LogP contribution in [0.1, 0.15) is 12.3 Å². The van der Waals surface area contributed by atoms with Crippen LogP contribution in [0.25, 0.3) is 11.5 Å². The number of carbonyl (C=O) groups is 1. The fraction of sp³-hybridized carbons (Fsp3) is 0.188. The fourth-order valence-electron chi connectivity index (χ4n) is 1.90. The Morgan fingerprint density at radius 1 is 1.16 bits per heavy atom. The Labute approximate surface area is 148 Å². The zero-order valence-corrected chi connectivity index (χ0v) is 13.8. The molecule has 0 radical (unpaired) electrons. The lowest BCUT2D eigenvalue weighted by molar-refractivity contribution is -0.145. The molecular weight excluding hydrogens is 346 g/mol. The van der Waals surface area contributed by atoms with Crippen molar-refractivity contribution in [3.8, 4) is 11.5 Å². The number of rotatable bonds is 7. The quantitative estimate of drug-likeness (QED) is 0.642. The molecule has 0 spiro atoms. The Morgan fingerprint density at radius 2 is 1.92 bits per heavy atom. The molecule has 0 aliphatic carbocycles. The maximum Gasteiger partial charge on any atom is 0.308 e. The molecule has 0 aliphatic heterocycles. The van der Waals surface area contributed by atoms with E-state index in [1.807, 2.05) is 0 Å². The van der Waals surface area contributed by atoms with Gasteiger partial charge in [0.15, 0.2) is 6.61 Å². The van der Waals surface area contributed by atoms with Crippen LogP contribution >= 0.6 is 11.6 Å². The van der Waals surface area contributed by atoms with E-state index in [9.17, 15) is 4.79 Å². The summed E-state index contributed by atoms with van der Waals surface area (Å²) in [6, 6.07) is 8.70. The van der Waals surface area contributed by atoms with Gasteiger partial charge in [-0.1, -0.05) is 11.6 Å². The second-order valence-electron chi connectivity index (χ2n) is 4.92. The third-order valence-corrected chi connectivity index (χ3v) is 3.34. The maximum atomic E-state index is 11.7. The Kier molecular flexibility index (Phi) is 5.53. The molecule has 25 heavy (non-hydrogen) atoms. The van der Waals surface area contributed by atoms with Crippen LogP contribution in [-0.4, -0.2) is 32.7 Å². The first-order valence-corrected chi connectivity index (χ1v) is 7.83. The maximum absolute atomic E-state index is 11.7. The lowest BCUT2D eigenvalue weighted by atomic mass is 10.2. The standard InChI is InChI=1S/C16H14ClN5O3/c17-12-4-2-11(3-5-12)15-22-21-13(25-15)10-24-14(23)6-9-20-16-18-7-1-8-19-16/h1-5,7-8H,6,9-10H2,(H,18,19,20). The summed E-state index contributed by atoms with van der Waals surface area (Å²) < 4.78 is 10.6. The van der Waals surface area contributed by atoms with Crippen molar-refractivity contribution in [3.63, 3.8) is 0 Å². The molecule has 9 heteroatoms. The van der Waals surface area contributed by atoms with Crippen LogP contribution < -0.4 is 5.32 Å². The molecule has 8 nitrogen and oxygen atoms in total. The summed E-state index contributed by atoms with van der Waals surface area (Å²) in [6.45, 7) is 0.282. The van der Waals surface area contributed by atoms with Crippen molar-refractivity contribution in [2.75, 3.05) is 11.9 Å². The SMILES string of the molecule is O=C(CCNc1ncccn1)OCc1nnc(-c2ccc(Cl)cc2)o1. The van der Waals surface area contributed by atoms with Crippen molar-refractivity contribution >= 4 is 23.5 Å². The van der Waals surface area contributed by atoms with Crippen LogP contribution in [0.2, 0.25) is 5.02 Å². The molecule has 1 N–H and O–H groups in total. The molecule has 3 aromatic rings. The van der Waals surface area contributed by atoms with Gasteiger partial charge in [0, 0.05) is 29.5 Å². The Hall–Kier alpha value is -3.00. The molecule has 0 atom stereocenters. The first-order valence-electron chi connectivity index (χ1n) is 7.45. The second-order valence-corrected chi connectivity index (χ2v) is 5.35. The summed E-state index contributed by atoms with van der Waals surface area (Å²) in [4.78, 5) is 19.7. The van der Waals surface area contributed by atoms with Crippen LogP contribution in [0.15, 0.2) is 47.1 Å². The van der Waals surface area contributed by atoms with Crippen LogP contribution in [0.5, 0.6) is 0 Å². The molecule has 0 amide bonds.